The molecule has 0 amide bonds. The van der Waals surface area contributed by atoms with Crippen LogP contribution in [0.2, 0.25) is 0 Å². The first kappa shape index (κ1) is 46.9. The number of aliphatic hydroxyl groups is 10. The maximum atomic E-state index is 12.5. The first-order valence-electron chi connectivity index (χ1n) is 18.6. The van der Waals surface area contributed by atoms with Crippen LogP contribution in [0.1, 0.15) is 17.5 Å². The average Bonchev–Trinajstić information content (AvgIpc) is 3.24. The highest BCUT2D eigenvalue weighted by Gasteiger charge is 2.53. The number of phenols is 1. The third-order valence-corrected chi connectivity index (χ3v) is 9.98. The van der Waals surface area contributed by atoms with Gasteiger partial charge in [0.2, 0.25) is 6.29 Å². The molecule has 60 heavy (non-hydrogen) atoms. The highest BCUT2D eigenvalue weighted by molar-refractivity contribution is 6.10. The maximum absolute atomic E-state index is 12.5. The Morgan fingerprint density at radius 1 is 0.567 bits per heavy atom. The summed E-state index contributed by atoms with van der Waals surface area (Å²) in [5, 5.41) is 114. The fourth-order valence-corrected chi connectivity index (χ4v) is 6.62. The zero-order chi connectivity index (χ0) is 43.8. The minimum Gasteiger partial charge on any atom is -0.504 e. The van der Waals surface area contributed by atoms with Crippen LogP contribution >= 0.6 is 0 Å². The monoisotopic (exact) mass is 854 g/mol. The number of aliphatic hydroxyl groups excluding tert-OH is 10. The molecule has 15 atom stereocenters. The number of ether oxygens (including phenoxy) is 8. The van der Waals surface area contributed by atoms with Crippen molar-refractivity contribution in [2.24, 2.45) is 0 Å². The molecule has 2 aromatic carbocycles. The second-order valence-electron chi connectivity index (χ2n) is 14.0. The molecular formula is C39H50O21. The first-order valence-corrected chi connectivity index (χ1v) is 18.6. The van der Waals surface area contributed by atoms with E-state index in [1.807, 2.05) is 0 Å². The van der Waals surface area contributed by atoms with Crippen LogP contribution in [0, 0.1) is 0 Å². The highest BCUT2D eigenvalue weighted by Crippen LogP contribution is 2.35. The summed E-state index contributed by atoms with van der Waals surface area (Å²) in [6.07, 6.45) is -21.1. The van der Waals surface area contributed by atoms with E-state index in [2.05, 4.69) is 0 Å². The van der Waals surface area contributed by atoms with Gasteiger partial charge in [0.15, 0.2) is 47.1 Å². The molecule has 0 aliphatic carbocycles. The van der Waals surface area contributed by atoms with Gasteiger partial charge in [-0.2, -0.15) is 0 Å². The van der Waals surface area contributed by atoms with E-state index in [-0.39, 0.29) is 23.0 Å². The van der Waals surface area contributed by atoms with E-state index in [1.165, 1.54) is 68.9 Å². The fourth-order valence-electron chi connectivity index (χ4n) is 6.62. The molecule has 2 aromatic rings. The van der Waals surface area contributed by atoms with Crippen LogP contribution in [-0.4, -0.2) is 194 Å². The molecule has 21 nitrogen and oxygen atoms in total. The van der Waals surface area contributed by atoms with Crippen LogP contribution < -0.4 is 14.2 Å². The predicted molar refractivity (Wildman–Crippen MR) is 200 cm³/mol. The van der Waals surface area contributed by atoms with Crippen molar-refractivity contribution in [3.8, 4) is 23.0 Å². The van der Waals surface area contributed by atoms with Gasteiger partial charge in [-0.15, -0.1) is 0 Å². The second-order valence-corrected chi connectivity index (χ2v) is 14.0. The summed E-state index contributed by atoms with van der Waals surface area (Å²) in [6.45, 7) is -2.48. The number of phenolic OH excluding ortho intramolecular Hbond substituents is 1. The third kappa shape index (κ3) is 10.8. The number of aromatic hydroxyl groups is 1. The quantitative estimate of drug-likeness (QED) is 0.0543. The third-order valence-electron chi connectivity index (χ3n) is 9.98. The van der Waals surface area contributed by atoms with Gasteiger partial charge in [-0.05, 0) is 47.5 Å². The molecular weight excluding hydrogens is 804 g/mol. The lowest BCUT2D eigenvalue weighted by molar-refractivity contribution is -0.376. The van der Waals surface area contributed by atoms with Crippen molar-refractivity contribution in [3.05, 3.63) is 59.7 Å². The van der Waals surface area contributed by atoms with E-state index in [1.54, 1.807) is 6.07 Å². The highest BCUT2D eigenvalue weighted by atomic mass is 16.8. The summed E-state index contributed by atoms with van der Waals surface area (Å²) in [6, 6.07) is 8.90. The molecule has 0 aromatic heterocycles. The Kier molecular flexibility index (Phi) is 16.5. The Morgan fingerprint density at radius 3 is 1.53 bits per heavy atom. The van der Waals surface area contributed by atoms with Gasteiger partial charge in [0, 0.05) is 0 Å². The Labute approximate surface area is 342 Å². The number of carbonyl (C=O) groups is 2. The number of carbonyl (C=O) groups excluding carboxylic acids is 2. The van der Waals surface area contributed by atoms with Crippen LogP contribution in [0.3, 0.4) is 0 Å². The molecule has 5 rings (SSSR count). The van der Waals surface area contributed by atoms with Crippen LogP contribution in [0.5, 0.6) is 23.0 Å². The summed E-state index contributed by atoms with van der Waals surface area (Å²) in [5.74, 6) is -0.708. The van der Waals surface area contributed by atoms with Gasteiger partial charge >= 0.3 is 0 Å². The molecule has 0 saturated carbocycles. The summed E-state index contributed by atoms with van der Waals surface area (Å²) in [4.78, 5) is 24.9. The van der Waals surface area contributed by atoms with E-state index in [9.17, 15) is 65.8 Å². The standard InChI is InChI=1S/C39H50O21/c1-53-23-11-17(5-9-21(23)45)3-7-19(43)13-20(44)8-4-18-6-10-22(24(12-18)54-2)55-37-33(51)30(48)35(26(15-41)57-37)60-39-34(52)31(49)36(27(16-42)58-39)59-38-32(50)29(47)28(46)25(14-40)56-38/h3-12,25-42,45-52H,13-16H2,1-2H3/b7-3+,8-4+/t25-,26-,27-,28-,29+,30-,31-,32-,33-,34-,35-,36-,37+,38-,39-/m1/s1. The van der Waals surface area contributed by atoms with Crippen molar-refractivity contribution in [2.75, 3.05) is 34.0 Å². The number of ketones is 2. The van der Waals surface area contributed by atoms with Crippen molar-refractivity contribution < 1.29 is 104 Å². The molecule has 3 aliphatic rings. The van der Waals surface area contributed by atoms with E-state index < -0.39 is 130 Å². The zero-order valence-corrected chi connectivity index (χ0v) is 32.3. The summed E-state index contributed by atoms with van der Waals surface area (Å²) >= 11 is 0. The molecule has 0 unspecified atom stereocenters. The number of methoxy groups -OCH3 is 2. The minimum absolute atomic E-state index is 0.00449. The zero-order valence-electron chi connectivity index (χ0n) is 32.3. The second kappa shape index (κ2) is 21.1. The van der Waals surface area contributed by atoms with Gasteiger partial charge < -0.3 is 94.1 Å². The van der Waals surface area contributed by atoms with E-state index in [0.717, 1.165) is 0 Å². The molecule has 0 radical (unpaired) electrons. The molecule has 0 spiro atoms. The molecule has 3 heterocycles. The number of benzene rings is 2. The molecule has 11 N–H and O–H groups in total. The first-order chi connectivity index (χ1) is 28.6. The van der Waals surface area contributed by atoms with Gasteiger partial charge in [0.1, 0.15) is 73.2 Å². The Hall–Kier alpha value is -4.14. The van der Waals surface area contributed by atoms with Crippen molar-refractivity contribution in [3.63, 3.8) is 0 Å². The van der Waals surface area contributed by atoms with E-state index in [0.29, 0.717) is 11.1 Å². The van der Waals surface area contributed by atoms with Crippen LogP contribution in [0.15, 0.2) is 48.6 Å². The number of rotatable bonds is 17. The summed E-state index contributed by atoms with van der Waals surface area (Å²) < 4.78 is 44.1. The molecule has 0 bridgehead atoms. The lowest BCUT2D eigenvalue weighted by Gasteiger charge is -2.48. The smallest absolute Gasteiger partial charge is 0.229 e. The molecule has 3 saturated heterocycles. The lowest BCUT2D eigenvalue weighted by Crippen LogP contribution is -2.66. The van der Waals surface area contributed by atoms with Gasteiger partial charge in [0.25, 0.3) is 0 Å². The van der Waals surface area contributed by atoms with Gasteiger partial charge in [-0.25, -0.2) is 0 Å². The van der Waals surface area contributed by atoms with E-state index >= 15 is 0 Å². The molecule has 3 aliphatic heterocycles. The topological polar surface area (TPSA) is 331 Å². The average molecular weight is 855 g/mol. The van der Waals surface area contributed by atoms with Crippen molar-refractivity contribution in [2.45, 2.75) is 98.5 Å². The van der Waals surface area contributed by atoms with Crippen molar-refractivity contribution >= 4 is 23.7 Å². The maximum Gasteiger partial charge on any atom is 0.229 e. The Bertz CT molecular complexity index is 1800. The van der Waals surface area contributed by atoms with Gasteiger partial charge in [-0.3, -0.25) is 9.59 Å². The van der Waals surface area contributed by atoms with Crippen molar-refractivity contribution in [1.82, 2.24) is 0 Å². The van der Waals surface area contributed by atoms with Crippen LogP contribution in [0.25, 0.3) is 12.2 Å². The SMILES string of the molecule is COc1cc(/C=C/C(=O)CC(=O)/C=C/c2ccc(O[C@H]3O[C@H](CO)[C@@H](O[C@H]4O[C@H](CO)[C@@H](O[C@H]5O[C@H](CO)[C@@H](O)[C@H](O)[C@H]5O)[C@H](O)[C@H]4O)[C@H](O)[C@H]3O)c(OC)c2)ccc1O. The normalized spacial score (nSPS) is 34.8. The molecule has 332 valence electrons. The molecule has 3 fully saturated rings. The van der Waals surface area contributed by atoms with E-state index in [4.69, 9.17) is 37.9 Å². The van der Waals surface area contributed by atoms with Gasteiger partial charge in [0.05, 0.1) is 40.5 Å². The van der Waals surface area contributed by atoms with Crippen molar-refractivity contribution in [1.29, 1.82) is 0 Å². The lowest BCUT2D eigenvalue weighted by atomic mass is 9.96. The number of hydrogen-bond acceptors (Lipinski definition) is 21. The number of hydrogen-bond donors (Lipinski definition) is 11. The minimum atomic E-state index is -1.99. The molecule has 21 heteroatoms. The van der Waals surface area contributed by atoms with Crippen LogP contribution in [0.4, 0.5) is 0 Å². The van der Waals surface area contributed by atoms with Crippen LogP contribution in [-0.2, 0) is 33.3 Å². The number of allylic oxidation sites excluding steroid dienone is 2. The Morgan fingerprint density at radius 2 is 1.02 bits per heavy atom. The predicted octanol–water partition coefficient (Wildman–Crippen LogP) is -3.51. The fraction of sp³-hybridized carbons (Fsp3) is 0.538. The summed E-state index contributed by atoms with van der Waals surface area (Å²) in [5.41, 5.74) is 1.03. The van der Waals surface area contributed by atoms with Gasteiger partial charge in [-0.1, -0.05) is 24.3 Å². The summed E-state index contributed by atoms with van der Waals surface area (Å²) in [7, 11) is 2.70. The largest absolute Gasteiger partial charge is 0.504 e. The Balaban J connectivity index is 1.18.